The van der Waals surface area contributed by atoms with Crippen LogP contribution in [-0.4, -0.2) is 53.3 Å². The first-order valence-electron chi connectivity index (χ1n) is 13.4. The number of aryl methyl sites for hydroxylation is 2. The number of nitrogens with zero attached hydrogens (tertiary/aromatic N) is 2. The number of anilines is 1. The second kappa shape index (κ2) is 9.11. The number of hydrogen-bond donors (Lipinski definition) is 3. The molecule has 0 unspecified atom stereocenters. The van der Waals surface area contributed by atoms with Gasteiger partial charge in [-0.2, -0.15) is 0 Å². The van der Waals surface area contributed by atoms with Gasteiger partial charge in [0.1, 0.15) is 12.1 Å². The van der Waals surface area contributed by atoms with Gasteiger partial charge in [-0.25, -0.2) is 9.59 Å². The van der Waals surface area contributed by atoms with Gasteiger partial charge in [0.05, 0.1) is 6.54 Å². The third kappa shape index (κ3) is 3.97. The lowest BCUT2D eigenvalue weighted by molar-refractivity contribution is -0.141. The number of thiophene rings is 1. The lowest BCUT2D eigenvalue weighted by Gasteiger charge is -2.31. The van der Waals surface area contributed by atoms with Crippen molar-refractivity contribution in [3.05, 3.63) is 50.2 Å². The maximum Gasteiger partial charge on any atom is 0.325 e. The van der Waals surface area contributed by atoms with Crippen molar-refractivity contribution >= 4 is 40.9 Å². The van der Waals surface area contributed by atoms with Crippen molar-refractivity contribution in [2.24, 2.45) is 5.92 Å². The molecule has 2 aliphatic heterocycles. The van der Waals surface area contributed by atoms with Crippen LogP contribution in [0.2, 0.25) is 0 Å². The molecule has 2 aromatic rings. The van der Waals surface area contributed by atoms with E-state index in [1.807, 2.05) is 11.0 Å². The molecular weight excluding hydrogens is 502 g/mol. The average Bonchev–Trinajstić information content (AvgIpc) is 3.61. The largest absolute Gasteiger partial charge is 0.341 e. The molecule has 2 aliphatic carbocycles. The van der Waals surface area contributed by atoms with Crippen molar-refractivity contribution in [1.82, 2.24) is 20.4 Å². The first-order valence-corrected chi connectivity index (χ1v) is 14.2. The second-order valence-electron chi connectivity index (χ2n) is 11.0. The van der Waals surface area contributed by atoms with Gasteiger partial charge in [-0.1, -0.05) is 6.07 Å². The smallest absolute Gasteiger partial charge is 0.325 e. The number of amides is 6. The van der Waals surface area contributed by atoms with Crippen molar-refractivity contribution < 1.29 is 19.2 Å². The molecule has 4 aliphatic rings. The van der Waals surface area contributed by atoms with E-state index in [1.165, 1.54) is 20.9 Å². The minimum atomic E-state index is -1.16. The van der Waals surface area contributed by atoms with Crippen LogP contribution in [0.1, 0.15) is 57.7 Å². The van der Waals surface area contributed by atoms with Gasteiger partial charge in [0, 0.05) is 28.5 Å². The zero-order valence-corrected chi connectivity index (χ0v) is 22.8. The predicted molar refractivity (Wildman–Crippen MR) is 144 cm³/mol. The molecule has 10 heteroatoms. The Balaban J connectivity index is 1.23. The van der Waals surface area contributed by atoms with Gasteiger partial charge >= 0.3 is 12.1 Å². The monoisotopic (exact) mass is 535 g/mol. The van der Waals surface area contributed by atoms with Gasteiger partial charge in [0.25, 0.3) is 5.91 Å². The highest BCUT2D eigenvalue weighted by Gasteiger charge is 2.56. The van der Waals surface area contributed by atoms with Gasteiger partial charge in [-0.15, -0.1) is 11.3 Å². The summed E-state index contributed by atoms with van der Waals surface area (Å²) in [5.74, 6) is -0.0339. The Bertz CT molecular complexity index is 1370. The topological polar surface area (TPSA) is 111 Å². The van der Waals surface area contributed by atoms with Gasteiger partial charge in [-0.3, -0.25) is 14.5 Å². The summed E-state index contributed by atoms with van der Waals surface area (Å²) in [4.78, 5) is 57.9. The van der Waals surface area contributed by atoms with Crippen molar-refractivity contribution in [2.75, 3.05) is 18.9 Å². The Kier molecular flexibility index (Phi) is 5.97. The highest BCUT2D eigenvalue weighted by Crippen LogP contribution is 2.44. The van der Waals surface area contributed by atoms with Crippen molar-refractivity contribution in [2.45, 2.75) is 70.5 Å². The highest BCUT2D eigenvalue weighted by molar-refractivity contribution is 7.12. The van der Waals surface area contributed by atoms with E-state index in [1.54, 1.807) is 30.5 Å². The molecule has 38 heavy (non-hydrogen) atoms. The zero-order valence-electron chi connectivity index (χ0n) is 22.0. The quantitative estimate of drug-likeness (QED) is 0.520. The van der Waals surface area contributed by atoms with Gasteiger partial charge in [0.2, 0.25) is 5.91 Å². The summed E-state index contributed by atoms with van der Waals surface area (Å²) in [7, 11) is 1.54. The van der Waals surface area contributed by atoms with Gasteiger partial charge in [-0.05, 0) is 92.7 Å². The van der Waals surface area contributed by atoms with E-state index in [0.717, 1.165) is 41.7 Å². The second-order valence-corrected chi connectivity index (χ2v) is 12.3. The van der Waals surface area contributed by atoms with E-state index in [9.17, 15) is 19.2 Å². The van der Waals surface area contributed by atoms with Crippen molar-refractivity contribution in [3.8, 4) is 0 Å². The Labute approximate surface area is 225 Å². The van der Waals surface area contributed by atoms with E-state index in [2.05, 4.69) is 29.8 Å². The third-order valence-electron chi connectivity index (χ3n) is 8.77. The summed E-state index contributed by atoms with van der Waals surface area (Å²) in [6.07, 6.45) is 5.15. The number of rotatable bonds is 4. The number of hydrogen-bond acceptors (Lipinski definition) is 5. The molecule has 1 aromatic heterocycles. The minimum absolute atomic E-state index is 0.148. The number of fused-ring (bicyclic) bond motifs is 3. The fourth-order valence-corrected chi connectivity index (χ4v) is 7.68. The van der Waals surface area contributed by atoms with E-state index in [4.69, 9.17) is 0 Å². The summed E-state index contributed by atoms with van der Waals surface area (Å²) in [6.45, 7) is 4.59. The molecular formula is C28H33N5O4S. The number of carbonyl (C=O) groups is 4. The standard InChI is InChI=1S/C28H33N5O4S/c1-15-16(2)38-23-13-32(22(17-4-5-17)9-7-20(15)23)24(34)14-33-25(35)28(31-27(33)37)11-10-18-12-19(6-8-21(18)28)30-26(36)29-3/h6,8,12,17,22H,4-5,7,9-11,13-14H2,1-3H3,(H,31,37)(H2,29,30,36)/t22-,28+/m0/s1. The molecule has 3 N–H and O–H groups in total. The van der Waals surface area contributed by atoms with Crippen LogP contribution in [0.15, 0.2) is 18.2 Å². The highest BCUT2D eigenvalue weighted by atomic mass is 32.1. The van der Waals surface area contributed by atoms with Crippen LogP contribution in [-0.2, 0) is 34.5 Å². The first kappa shape index (κ1) is 24.9. The molecule has 0 bridgehead atoms. The molecule has 2 fully saturated rings. The van der Waals surface area contributed by atoms with Crippen LogP contribution < -0.4 is 16.0 Å². The molecule has 1 aromatic carbocycles. The van der Waals surface area contributed by atoms with Crippen LogP contribution >= 0.6 is 11.3 Å². The zero-order chi connectivity index (χ0) is 26.8. The molecule has 6 rings (SSSR count). The molecule has 200 valence electrons. The summed E-state index contributed by atoms with van der Waals surface area (Å²) < 4.78 is 0. The molecule has 1 spiro atoms. The Hall–Kier alpha value is -3.40. The number of imide groups is 1. The lowest BCUT2D eigenvalue weighted by atomic mass is 9.91. The average molecular weight is 536 g/mol. The number of urea groups is 2. The number of carbonyl (C=O) groups excluding carboxylic acids is 4. The van der Waals surface area contributed by atoms with Gasteiger partial charge < -0.3 is 20.9 Å². The molecule has 1 saturated carbocycles. The maximum atomic E-state index is 13.8. The Morgan fingerprint density at radius 2 is 1.95 bits per heavy atom. The van der Waals surface area contributed by atoms with Gasteiger partial charge in [0.15, 0.2) is 0 Å². The molecule has 1 saturated heterocycles. The van der Waals surface area contributed by atoms with E-state index < -0.39 is 11.6 Å². The molecule has 2 atom stereocenters. The maximum absolute atomic E-state index is 13.8. The Morgan fingerprint density at radius 3 is 2.68 bits per heavy atom. The SMILES string of the molecule is CNC(=O)Nc1ccc2c(c1)CC[C@@]21NC(=O)N(CC(=O)N2Cc3sc(C)c(C)c3CC[C@H]2C2CC2)C1=O. The number of benzene rings is 1. The fourth-order valence-electron chi connectivity index (χ4n) is 6.46. The molecule has 0 radical (unpaired) electrons. The molecule has 6 amide bonds. The Morgan fingerprint density at radius 1 is 1.16 bits per heavy atom. The fraction of sp³-hybridized carbons (Fsp3) is 0.500. The first-order chi connectivity index (χ1) is 18.2. The van der Waals surface area contributed by atoms with Crippen LogP contribution in [0.4, 0.5) is 15.3 Å². The van der Waals surface area contributed by atoms with Crippen LogP contribution in [0.5, 0.6) is 0 Å². The third-order valence-corrected chi connectivity index (χ3v) is 10.0. The minimum Gasteiger partial charge on any atom is -0.341 e. The summed E-state index contributed by atoms with van der Waals surface area (Å²) in [6, 6.07) is 4.66. The number of nitrogens with one attached hydrogen (secondary N) is 3. The van der Waals surface area contributed by atoms with Crippen molar-refractivity contribution in [1.29, 1.82) is 0 Å². The van der Waals surface area contributed by atoms with E-state index in [0.29, 0.717) is 31.0 Å². The lowest BCUT2D eigenvalue weighted by Crippen LogP contribution is -2.48. The summed E-state index contributed by atoms with van der Waals surface area (Å²) in [5.41, 5.74) is 3.79. The van der Waals surface area contributed by atoms with Crippen molar-refractivity contribution in [3.63, 3.8) is 0 Å². The van der Waals surface area contributed by atoms with E-state index >= 15 is 0 Å². The summed E-state index contributed by atoms with van der Waals surface area (Å²) in [5, 5.41) is 8.18. The van der Waals surface area contributed by atoms with Crippen LogP contribution in [0.3, 0.4) is 0 Å². The normalized spacial score (nSPS) is 24.2. The van der Waals surface area contributed by atoms with E-state index in [-0.39, 0.29) is 30.4 Å². The molecule has 3 heterocycles. The molecule has 9 nitrogen and oxygen atoms in total. The predicted octanol–water partition coefficient (Wildman–Crippen LogP) is 3.56. The van der Waals surface area contributed by atoms with Crippen LogP contribution in [0.25, 0.3) is 0 Å². The van der Waals surface area contributed by atoms with Crippen LogP contribution in [0, 0.1) is 19.8 Å². The summed E-state index contributed by atoms with van der Waals surface area (Å²) >= 11 is 1.76.